The number of carbonyl (C=O) groups is 4. The van der Waals surface area contributed by atoms with E-state index >= 15 is 0 Å². The molecular formula is C21H30N6O4S. The minimum absolute atomic E-state index is 0.0443. The van der Waals surface area contributed by atoms with E-state index < -0.39 is 17.5 Å². The Labute approximate surface area is 191 Å². The van der Waals surface area contributed by atoms with Gasteiger partial charge < -0.3 is 10.6 Å². The molecule has 2 saturated heterocycles. The van der Waals surface area contributed by atoms with Crippen LogP contribution in [0.2, 0.25) is 0 Å². The van der Waals surface area contributed by atoms with Crippen LogP contribution in [0.1, 0.15) is 60.8 Å². The van der Waals surface area contributed by atoms with Gasteiger partial charge in [-0.3, -0.25) is 24.7 Å². The van der Waals surface area contributed by atoms with Crippen molar-refractivity contribution in [3.05, 3.63) is 16.1 Å². The third-order valence-electron chi connectivity index (χ3n) is 6.77. The summed E-state index contributed by atoms with van der Waals surface area (Å²) in [6, 6.07) is -0.513. The molecule has 4 rings (SSSR count). The van der Waals surface area contributed by atoms with Crippen molar-refractivity contribution < 1.29 is 19.2 Å². The monoisotopic (exact) mass is 462 g/mol. The number of hydrogen-bond donors (Lipinski definition) is 3. The van der Waals surface area contributed by atoms with E-state index in [1.807, 2.05) is 11.8 Å². The lowest BCUT2D eigenvalue weighted by atomic mass is 9.77. The number of aryl methyl sites for hydroxylation is 1. The summed E-state index contributed by atoms with van der Waals surface area (Å²) in [7, 11) is 0. The summed E-state index contributed by atoms with van der Waals surface area (Å²) in [6.07, 6.45) is 4.41. The highest BCUT2D eigenvalue weighted by Crippen LogP contribution is 2.35. The first-order chi connectivity index (χ1) is 15.3. The van der Waals surface area contributed by atoms with Gasteiger partial charge in [-0.2, -0.15) is 5.01 Å². The summed E-state index contributed by atoms with van der Waals surface area (Å²) in [6.45, 7) is 5.33. The second-order valence-electron chi connectivity index (χ2n) is 9.16. The molecule has 1 aromatic rings. The summed E-state index contributed by atoms with van der Waals surface area (Å²) < 4.78 is 0. The third kappa shape index (κ3) is 4.63. The van der Waals surface area contributed by atoms with E-state index in [4.69, 9.17) is 0 Å². The lowest BCUT2D eigenvalue weighted by Gasteiger charge is -2.33. The van der Waals surface area contributed by atoms with Crippen LogP contribution < -0.4 is 16.1 Å². The van der Waals surface area contributed by atoms with Gasteiger partial charge in [0.05, 0.1) is 17.7 Å². The van der Waals surface area contributed by atoms with Gasteiger partial charge in [0.25, 0.3) is 17.7 Å². The lowest BCUT2D eigenvalue weighted by Crippen LogP contribution is -2.53. The van der Waals surface area contributed by atoms with Crippen LogP contribution in [0.15, 0.2) is 5.51 Å². The molecule has 3 N–H and O–H groups in total. The van der Waals surface area contributed by atoms with Crippen LogP contribution in [0.3, 0.4) is 0 Å². The fourth-order valence-electron chi connectivity index (χ4n) is 4.68. The molecular weight excluding hydrogens is 432 g/mol. The maximum atomic E-state index is 12.9. The van der Waals surface area contributed by atoms with Crippen molar-refractivity contribution >= 4 is 35.1 Å². The number of likely N-dealkylation sites (tertiary alicyclic amines) is 1. The highest BCUT2D eigenvalue weighted by Gasteiger charge is 2.52. The minimum atomic E-state index is -0.871. The van der Waals surface area contributed by atoms with Gasteiger partial charge in [0, 0.05) is 19.1 Å². The molecule has 5 amide bonds. The number of thiazole rings is 1. The van der Waals surface area contributed by atoms with Crippen LogP contribution in [0, 0.1) is 12.8 Å². The van der Waals surface area contributed by atoms with Gasteiger partial charge in [-0.25, -0.2) is 9.78 Å². The standard InChI is InChI=1S/C21H30N6O4S/c1-13-3-7-21(8-4-13)19(30)27(20(31)24-21)25-16(28)11-26-9-5-15(6-10-26)23-18(29)17-14(2)22-12-32-17/h12-13,15H,3-11H2,1-2H3,(H,23,29)(H,24,31)(H,25,28). The smallest absolute Gasteiger partial charge is 0.344 e. The van der Waals surface area contributed by atoms with Crippen LogP contribution in [0.5, 0.6) is 0 Å². The SMILES string of the molecule is Cc1ncsc1C(=O)NC1CCN(CC(=O)NN2C(=O)NC3(CCC(C)CC3)C2=O)CC1. The van der Waals surface area contributed by atoms with Crippen molar-refractivity contribution in [2.24, 2.45) is 5.92 Å². The molecule has 0 bridgehead atoms. The first kappa shape index (κ1) is 22.7. The number of imide groups is 1. The summed E-state index contributed by atoms with van der Waals surface area (Å²) in [4.78, 5) is 56.8. The molecule has 0 atom stereocenters. The predicted molar refractivity (Wildman–Crippen MR) is 118 cm³/mol. The number of rotatable bonds is 5. The normalized spacial score (nSPS) is 26.9. The topological polar surface area (TPSA) is 124 Å². The molecule has 3 aliphatic rings. The number of amides is 5. The highest BCUT2D eigenvalue weighted by molar-refractivity contribution is 7.11. The van der Waals surface area contributed by atoms with Gasteiger partial charge in [0.15, 0.2) is 0 Å². The second kappa shape index (κ2) is 9.14. The molecule has 11 heteroatoms. The van der Waals surface area contributed by atoms with Crippen molar-refractivity contribution in [2.75, 3.05) is 19.6 Å². The number of hydrogen-bond acceptors (Lipinski definition) is 7. The lowest BCUT2D eigenvalue weighted by molar-refractivity contribution is -0.140. The van der Waals surface area contributed by atoms with E-state index in [-0.39, 0.29) is 24.4 Å². The third-order valence-corrected chi connectivity index (χ3v) is 7.70. The summed E-state index contributed by atoms with van der Waals surface area (Å²) >= 11 is 1.33. The van der Waals surface area contributed by atoms with Crippen LogP contribution in [-0.2, 0) is 9.59 Å². The molecule has 1 aliphatic carbocycles. The number of hydrazine groups is 1. The number of nitrogens with one attached hydrogen (secondary N) is 3. The van der Waals surface area contributed by atoms with Crippen molar-refractivity contribution in [3.8, 4) is 0 Å². The van der Waals surface area contributed by atoms with Gasteiger partial charge in [0.2, 0.25) is 0 Å². The van der Waals surface area contributed by atoms with Gasteiger partial charge in [0.1, 0.15) is 10.4 Å². The van der Waals surface area contributed by atoms with E-state index in [1.165, 1.54) is 11.3 Å². The minimum Gasteiger partial charge on any atom is -0.348 e. The van der Waals surface area contributed by atoms with Gasteiger partial charge >= 0.3 is 6.03 Å². The zero-order chi connectivity index (χ0) is 22.9. The number of nitrogens with zero attached hydrogens (tertiary/aromatic N) is 3. The molecule has 1 spiro atoms. The molecule has 3 heterocycles. The maximum absolute atomic E-state index is 12.9. The van der Waals surface area contributed by atoms with Gasteiger partial charge in [-0.05, 0) is 51.4 Å². The van der Waals surface area contributed by atoms with E-state index in [2.05, 4.69) is 28.0 Å². The van der Waals surface area contributed by atoms with Gasteiger partial charge in [-0.15, -0.1) is 11.3 Å². The average molecular weight is 463 g/mol. The van der Waals surface area contributed by atoms with Crippen LogP contribution in [-0.4, -0.2) is 69.9 Å². The fourth-order valence-corrected chi connectivity index (χ4v) is 5.39. The van der Waals surface area contributed by atoms with Crippen molar-refractivity contribution in [3.63, 3.8) is 0 Å². The van der Waals surface area contributed by atoms with E-state index in [1.54, 1.807) is 5.51 Å². The first-order valence-corrected chi connectivity index (χ1v) is 12.0. The molecule has 0 unspecified atom stereocenters. The quantitative estimate of drug-likeness (QED) is 0.565. The molecule has 2 aliphatic heterocycles. The van der Waals surface area contributed by atoms with E-state index in [0.717, 1.165) is 36.4 Å². The van der Waals surface area contributed by atoms with Crippen molar-refractivity contribution in [1.82, 2.24) is 31.0 Å². The maximum Gasteiger partial charge on any atom is 0.344 e. The highest BCUT2D eigenvalue weighted by atomic mass is 32.1. The zero-order valence-corrected chi connectivity index (χ0v) is 19.3. The number of aromatic nitrogens is 1. The largest absolute Gasteiger partial charge is 0.348 e. The van der Waals surface area contributed by atoms with Crippen LogP contribution >= 0.6 is 11.3 Å². The fraction of sp³-hybridized carbons (Fsp3) is 0.667. The Balaban J connectivity index is 1.23. The number of carbonyl (C=O) groups excluding carboxylic acids is 4. The molecule has 0 radical (unpaired) electrons. The summed E-state index contributed by atoms with van der Waals surface area (Å²) in [5.41, 5.74) is 4.01. The summed E-state index contributed by atoms with van der Waals surface area (Å²) in [5.74, 6) is -0.321. The second-order valence-corrected chi connectivity index (χ2v) is 10.0. The number of urea groups is 1. The van der Waals surface area contributed by atoms with E-state index in [9.17, 15) is 19.2 Å². The van der Waals surface area contributed by atoms with E-state index in [0.29, 0.717) is 36.7 Å². The molecule has 32 heavy (non-hydrogen) atoms. The Kier molecular flexibility index (Phi) is 6.47. The molecule has 174 valence electrons. The molecule has 10 nitrogen and oxygen atoms in total. The molecule has 0 aromatic carbocycles. The van der Waals surface area contributed by atoms with Gasteiger partial charge in [-0.1, -0.05) is 6.92 Å². The Morgan fingerprint density at radius 2 is 1.91 bits per heavy atom. The predicted octanol–water partition coefficient (Wildman–Crippen LogP) is 1.18. The Hall–Kier alpha value is -2.53. The first-order valence-electron chi connectivity index (χ1n) is 11.2. The van der Waals surface area contributed by atoms with Crippen molar-refractivity contribution in [1.29, 1.82) is 0 Å². The molecule has 1 aromatic heterocycles. The molecule has 3 fully saturated rings. The molecule has 1 saturated carbocycles. The number of piperidine rings is 1. The van der Waals surface area contributed by atoms with Crippen LogP contribution in [0.4, 0.5) is 4.79 Å². The van der Waals surface area contributed by atoms with Crippen molar-refractivity contribution in [2.45, 2.75) is 64.0 Å². The summed E-state index contributed by atoms with van der Waals surface area (Å²) in [5, 5.41) is 6.69. The Bertz CT molecular complexity index is 902. The Morgan fingerprint density at radius 3 is 2.53 bits per heavy atom. The average Bonchev–Trinajstić information content (AvgIpc) is 3.29. The zero-order valence-electron chi connectivity index (χ0n) is 18.5. The Morgan fingerprint density at radius 1 is 1.22 bits per heavy atom. The van der Waals surface area contributed by atoms with Crippen LogP contribution in [0.25, 0.3) is 0 Å².